The normalized spacial score (nSPS) is 18.9. The van der Waals surface area contributed by atoms with E-state index in [9.17, 15) is 10.2 Å². The second-order valence-electron chi connectivity index (χ2n) is 3.00. The van der Waals surface area contributed by atoms with Gasteiger partial charge in [-0.1, -0.05) is 36.2 Å². The Morgan fingerprint density at radius 1 is 1.36 bits per heavy atom. The molecule has 0 amide bonds. The van der Waals surface area contributed by atoms with Gasteiger partial charge in [-0.05, 0) is 20.3 Å². The summed E-state index contributed by atoms with van der Waals surface area (Å²) in [4.78, 5) is 0. The topological polar surface area (TPSA) is 40.5 Å². The number of aliphatic hydroxyl groups excluding tert-OH is 2. The van der Waals surface area contributed by atoms with Crippen LogP contribution in [0.3, 0.4) is 0 Å². The van der Waals surface area contributed by atoms with Crippen molar-refractivity contribution in [2.24, 2.45) is 0 Å². The van der Waals surface area contributed by atoms with Crippen molar-refractivity contribution in [3.63, 3.8) is 0 Å². The predicted molar refractivity (Wildman–Crippen MR) is 60.5 cm³/mol. The summed E-state index contributed by atoms with van der Waals surface area (Å²) in [5, 5.41) is 20.0. The van der Waals surface area contributed by atoms with Gasteiger partial charge in [0, 0.05) is 15.6 Å². The van der Waals surface area contributed by atoms with Crippen molar-refractivity contribution in [3.8, 4) is 0 Å². The molecule has 0 saturated carbocycles. The van der Waals surface area contributed by atoms with E-state index in [1.165, 1.54) is 0 Å². The summed E-state index contributed by atoms with van der Waals surface area (Å²) in [7, 11) is 0. The summed E-state index contributed by atoms with van der Waals surface area (Å²) in [6.07, 6.45) is 0.213. The van der Waals surface area contributed by atoms with Gasteiger partial charge in [-0.25, -0.2) is 0 Å². The molecule has 0 rings (SSSR count). The third kappa shape index (κ3) is 3.62. The average molecular weight is 239 g/mol. The van der Waals surface area contributed by atoms with Gasteiger partial charge in [-0.2, -0.15) is 0 Å². The molecule has 0 aromatic carbocycles. The van der Waals surface area contributed by atoms with Crippen molar-refractivity contribution in [2.45, 2.75) is 39.4 Å². The Balaban J connectivity index is 4.97. The highest BCUT2D eigenvalue weighted by Crippen LogP contribution is 2.26. The maximum Gasteiger partial charge on any atom is 0.107 e. The molecule has 0 radical (unpaired) electrons. The second kappa shape index (κ2) is 6.46. The van der Waals surface area contributed by atoms with Crippen molar-refractivity contribution in [2.75, 3.05) is 0 Å². The average Bonchev–Trinajstić information content (AvgIpc) is 2.15. The second-order valence-corrected chi connectivity index (χ2v) is 3.98. The van der Waals surface area contributed by atoms with Crippen LogP contribution in [0.25, 0.3) is 0 Å². The maximum atomic E-state index is 9.73. The van der Waals surface area contributed by atoms with Crippen LogP contribution in [0, 0.1) is 0 Å². The van der Waals surface area contributed by atoms with Gasteiger partial charge in [0.2, 0.25) is 0 Å². The van der Waals surface area contributed by atoms with Crippen LogP contribution >= 0.6 is 23.2 Å². The summed E-state index contributed by atoms with van der Waals surface area (Å²) in [6.45, 7) is 5.15. The van der Waals surface area contributed by atoms with Gasteiger partial charge < -0.3 is 10.2 Å². The molecule has 0 fully saturated rings. The maximum absolute atomic E-state index is 9.73. The smallest absolute Gasteiger partial charge is 0.107 e. The van der Waals surface area contributed by atoms with Crippen LogP contribution in [0.15, 0.2) is 21.7 Å². The van der Waals surface area contributed by atoms with Gasteiger partial charge in [-0.3, -0.25) is 0 Å². The first-order chi connectivity index (χ1) is 6.45. The van der Waals surface area contributed by atoms with Gasteiger partial charge in [0.25, 0.3) is 0 Å². The highest BCUT2D eigenvalue weighted by Gasteiger charge is 2.22. The van der Waals surface area contributed by atoms with E-state index < -0.39 is 12.2 Å². The first-order valence-electron chi connectivity index (χ1n) is 4.50. The lowest BCUT2D eigenvalue weighted by molar-refractivity contribution is 0.0412. The fraction of sp³-hybridized carbons (Fsp3) is 0.600. The molecule has 0 aromatic rings. The van der Waals surface area contributed by atoms with Crippen LogP contribution in [-0.4, -0.2) is 22.4 Å². The minimum absolute atomic E-state index is 0.373. The predicted octanol–water partition coefficient (Wildman–Crippen LogP) is 2.77. The Morgan fingerprint density at radius 2 is 1.86 bits per heavy atom. The van der Waals surface area contributed by atoms with E-state index in [1.54, 1.807) is 26.8 Å². The number of hydrogen-bond donors (Lipinski definition) is 2. The Bertz CT molecular complexity index is 243. The van der Waals surface area contributed by atoms with E-state index >= 15 is 0 Å². The fourth-order valence-electron chi connectivity index (χ4n) is 1.08. The highest BCUT2D eigenvalue weighted by molar-refractivity contribution is 6.35. The molecule has 2 nitrogen and oxygen atoms in total. The standard InChI is InChI=1S/C10H16Cl2O2/c1-4-7(12)9(6(3)11)10(14)8(13)5-2/h4,8,10,13-14H,5H2,1-3H3/b7-4+,9-6-/t8-,10+/m1/s1. The molecular weight excluding hydrogens is 223 g/mol. The van der Waals surface area contributed by atoms with E-state index in [0.717, 1.165) is 0 Å². The van der Waals surface area contributed by atoms with Crippen LogP contribution in [0.1, 0.15) is 27.2 Å². The van der Waals surface area contributed by atoms with E-state index in [2.05, 4.69) is 0 Å². The lowest BCUT2D eigenvalue weighted by atomic mass is 10.0. The van der Waals surface area contributed by atoms with Crippen molar-refractivity contribution < 1.29 is 10.2 Å². The lowest BCUT2D eigenvalue weighted by Gasteiger charge is -2.20. The van der Waals surface area contributed by atoms with Gasteiger partial charge >= 0.3 is 0 Å². The van der Waals surface area contributed by atoms with Crippen LogP contribution < -0.4 is 0 Å². The number of hydrogen-bond acceptors (Lipinski definition) is 2. The SMILES string of the molecule is C/C=C(Cl)\C(=C(/C)Cl)[C@@H](O)[C@H](O)CC. The van der Waals surface area contributed by atoms with Crippen LogP contribution in [0.5, 0.6) is 0 Å². The number of allylic oxidation sites excluding steroid dienone is 2. The van der Waals surface area contributed by atoms with Gasteiger partial charge in [0.1, 0.15) is 6.10 Å². The first-order valence-corrected chi connectivity index (χ1v) is 5.25. The van der Waals surface area contributed by atoms with Crippen LogP contribution in [-0.2, 0) is 0 Å². The molecule has 0 heterocycles. The molecule has 0 aromatic heterocycles. The van der Waals surface area contributed by atoms with E-state index in [1.807, 2.05) is 0 Å². The first kappa shape index (κ1) is 14.0. The largest absolute Gasteiger partial charge is 0.390 e. The van der Waals surface area contributed by atoms with Crippen molar-refractivity contribution in [1.82, 2.24) is 0 Å². The van der Waals surface area contributed by atoms with Gasteiger partial charge in [0.05, 0.1) is 6.10 Å². The summed E-state index contributed by atoms with van der Waals surface area (Å²) in [6, 6.07) is 0. The van der Waals surface area contributed by atoms with Crippen LogP contribution in [0.2, 0.25) is 0 Å². The Labute approximate surface area is 94.8 Å². The Hall–Kier alpha value is -0.0200. The number of halogens is 2. The number of rotatable bonds is 4. The summed E-state index contributed by atoms with van der Waals surface area (Å²) < 4.78 is 0. The van der Waals surface area contributed by atoms with Crippen molar-refractivity contribution >= 4 is 23.2 Å². The molecule has 14 heavy (non-hydrogen) atoms. The molecule has 0 bridgehead atoms. The Kier molecular flexibility index (Phi) is 6.45. The van der Waals surface area contributed by atoms with E-state index in [-0.39, 0.29) is 0 Å². The van der Waals surface area contributed by atoms with E-state index in [4.69, 9.17) is 23.2 Å². The third-order valence-electron chi connectivity index (χ3n) is 1.96. The number of aliphatic hydroxyl groups is 2. The molecule has 0 aliphatic rings. The molecule has 0 unspecified atom stereocenters. The molecule has 2 N–H and O–H groups in total. The minimum atomic E-state index is -1.03. The van der Waals surface area contributed by atoms with Gasteiger partial charge in [-0.15, -0.1) is 0 Å². The van der Waals surface area contributed by atoms with Crippen molar-refractivity contribution in [3.05, 3.63) is 21.7 Å². The minimum Gasteiger partial charge on any atom is -0.390 e. The molecule has 0 spiro atoms. The molecule has 2 atom stereocenters. The lowest BCUT2D eigenvalue weighted by Crippen LogP contribution is -2.27. The summed E-state index contributed by atoms with van der Waals surface area (Å²) in [5.74, 6) is 0. The molecule has 0 aliphatic heterocycles. The molecular formula is C10H16Cl2O2. The summed E-state index contributed by atoms with van der Waals surface area (Å²) in [5.41, 5.74) is 0.394. The van der Waals surface area contributed by atoms with Crippen LogP contribution in [0.4, 0.5) is 0 Å². The zero-order valence-corrected chi connectivity index (χ0v) is 10.1. The highest BCUT2D eigenvalue weighted by atomic mass is 35.5. The van der Waals surface area contributed by atoms with Gasteiger partial charge in [0.15, 0.2) is 0 Å². The molecule has 0 aliphatic carbocycles. The summed E-state index contributed by atoms with van der Waals surface area (Å²) >= 11 is 11.7. The third-order valence-corrected chi connectivity index (χ3v) is 2.59. The monoisotopic (exact) mass is 238 g/mol. The van der Waals surface area contributed by atoms with Crippen molar-refractivity contribution in [1.29, 1.82) is 0 Å². The Morgan fingerprint density at radius 3 is 2.14 bits per heavy atom. The molecule has 0 saturated heterocycles. The molecule has 4 heteroatoms. The fourth-order valence-corrected chi connectivity index (χ4v) is 1.60. The molecule has 82 valence electrons. The quantitative estimate of drug-likeness (QED) is 0.740. The zero-order valence-electron chi connectivity index (χ0n) is 8.59. The van der Waals surface area contributed by atoms with E-state index in [0.29, 0.717) is 22.1 Å². The zero-order chi connectivity index (χ0) is 11.3.